The molecular weight excluding hydrogens is 346 g/mol. The number of aryl methyl sites for hydroxylation is 4. The molecule has 0 fully saturated rings. The van der Waals surface area contributed by atoms with Crippen molar-refractivity contribution >= 4 is 5.91 Å². The molecule has 0 spiro atoms. The van der Waals surface area contributed by atoms with E-state index in [1.165, 1.54) is 6.07 Å². The number of rotatable bonds is 6. The van der Waals surface area contributed by atoms with Crippen LogP contribution in [0.3, 0.4) is 0 Å². The summed E-state index contributed by atoms with van der Waals surface area (Å²) in [5.41, 5.74) is 3.40. The second-order valence-corrected chi connectivity index (χ2v) is 6.53. The topological polar surface area (TPSA) is 99.6 Å². The van der Waals surface area contributed by atoms with Crippen LogP contribution in [0.15, 0.2) is 29.1 Å². The largest absolute Gasteiger partial charge is 0.353 e. The second-order valence-electron chi connectivity index (χ2n) is 6.53. The molecule has 0 radical (unpaired) electrons. The summed E-state index contributed by atoms with van der Waals surface area (Å²) in [5.74, 6) is 0.215. The van der Waals surface area contributed by atoms with Crippen LogP contribution in [0.1, 0.15) is 22.8 Å². The molecule has 0 aromatic carbocycles. The van der Waals surface area contributed by atoms with Crippen molar-refractivity contribution in [2.75, 3.05) is 6.54 Å². The molecule has 0 bridgehead atoms. The van der Waals surface area contributed by atoms with E-state index in [0.29, 0.717) is 18.9 Å². The third kappa shape index (κ3) is 4.30. The lowest BCUT2D eigenvalue weighted by molar-refractivity contribution is -0.121. The first-order valence-corrected chi connectivity index (χ1v) is 8.73. The third-order valence-electron chi connectivity index (χ3n) is 4.12. The summed E-state index contributed by atoms with van der Waals surface area (Å²) in [6.45, 7) is 8.53. The van der Waals surface area contributed by atoms with Crippen LogP contribution in [0.5, 0.6) is 0 Å². The Morgan fingerprint density at radius 3 is 2.30 bits per heavy atom. The van der Waals surface area contributed by atoms with Gasteiger partial charge in [-0.2, -0.15) is 10.2 Å². The molecule has 3 rings (SSSR count). The van der Waals surface area contributed by atoms with E-state index in [0.717, 1.165) is 27.5 Å². The number of amides is 1. The molecular formula is C18H23N7O2. The number of aromatic nitrogens is 6. The molecule has 1 amide bonds. The summed E-state index contributed by atoms with van der Waals surface area (Å²) in [6, 6.07) is 6.89. The van der Waals surface area contributed by atoms with Gasteiger partial charge in [-0.05, 0) is 45.9 Å². The summed E-state index contributed by atoms with van der Waals surface area (Å²) in [6.07, 6.45) is 0. The van der Waals surface area contributed by atoms with Gasteiger partial charge in [0.2, 0.25) is 5.91 Å². The van der Waals surface area contributed by atoms with Gasteiger partial charge in [-0.25, -0.2) is 9.36 Å². The molecule has 27 heavy (non-hydrogen) atoms. The normalized spacial score (nSPS) is 11.0. The van der Waals surface area contributed by atoms with Crippen molar-refractivity contribution in [1.29, 1.82) is 0 Å². The van der Waals surface area contributed by atoms with Gasteiger partial charge in [0, 0.05) is 24.0 Å². The van der Waals surface area contributed by atoms with E-state index in [-0.39, 0.29) is 18.0 Å². The van der Waals surface area contributed by atoms with Crippen LogP contribution in [0.4, 0.5) is 0 Å². The number of hydrogen-bond donors (Lipinski definition) is 1. The lowest BCUT2D eigenvalue weighted by atomic mass is 10.4. The molecule has 0 atom stereocenters. The summed E-state index contributed by atoms with van der Waals surface area (Å²) < 4.78 is 4.62. The van der Waals surface area contributed by atoms with Crippen LogP contribution in [-0.2, 0) is 17.9 Å². The zero-order valence-electron chi connectivity index (χ0n) is 15.9. The summed E-state index contributed by atoms with van der Waals surface area (Å²) >= 11 is 0. The predicted molar refractivity (Wildman–Crippen MR) is 99.8 cm³/mol. The van der Waals surface area contributed by atoms with E-state index in [4.69, 9.17) is 0 Å². The van der Waals surface area contributed by atoms with E-state index in [2.05, 4.69) is 20.6 Å². The third-order valence-corrected chi connectivity index (χ3v) is 4.12. The van der Waals surface area contributed by atoms with E-state index in [1.54, 1.807) is 10.7 Å². The van der Waals surface area contributed by atoms with Gasteiger partial charge in [0.05, 0.1) is 17.9 Å². The van der Waals surface area contributed by atoms with Crippen molar-refractivity contribution in [3.63, 3.8) is 0 Å². The summed E-state index contributed by atoms with van der Waals surface area (Å²) in [5, 5.41) is 15.8. The maximum Gasteiger partial charge on any atom is 0.267 e. The lowest BCUT2D eigenvalue weighted by Crippen LogP contribution is -2.35. The number of carbonyl (C=O) groups is 1. The number of carbonyl (C=O) groups excluding carboxylic acids is 1. The summed E-state index contributed by atoms with van der Waals surface area (Å²) in [7, 11) is 0. The summed E-state index contributed by atoms with van der Waals surface area (Å²) in [4.78, 5) is 24.2. The smallest absolute Gasteiger partial charge is 0.267 e. The van der Waals surface area contributed by atoms with Crippen LogP contribution in [-0.4, -0.2) is 41.8 Å². The number of nitrogens with zero attached hydrogens (tertiary/aromatic N) is 6. The SMILES string of the molecule is Cc1cc(C)n(CCNC(=O)Cn2nc(-n3nc(C)cc3C)ccc2=O)n1. The van der Waals surface area contributed by atoms with Crippen molar-refractivity contribution < 1.29 is 4.79 Å². The quantitative estimate of drug-likeness (QED) is 0.689. The zero-order chi connectivity index (χ0) is 19.6. The number of hydrogen-bond acceptors (Lipinski definition) is 5. The first kappa shape index (κ1) is 18.6. The minimum Gasteiger partial charge on any atom is -0.353 e. The fourth-order valence-electron chi connectivity index (χ4n) is 2.92. The second kappa shape index (κ2) is 7.56. The highest BCUT2D eigenvalue weighted by Gasteiger charge is 2.10. The molecule has 0 unspecified atom stereocenters. The average molecular weight is 369 g/mol. The maximum absolute atomic E-state index is 12.2. The number of nitrogens with one attached hydrogen (secondary N) is 1. The Labute approximate surface area is 156 Å². The van der Waals surface area contributed by atoms with Gasteiger partial charge in [0.1, 0.15) is 6.54 Å². The minimum atomic E-state index is -0.339. The fourth-order valence-corrected chi connectivity index (χ4v) is 2.92. The van der Waals surface area contributed by atoms with Crippen LogP contribution in [0.2, 0.25) is 0 Å². The van der Waals surface area contributed by atoms with Crippen LogP contribution in [0, 0.1) is 27.7 Å². The Morgan fingerprint density at radius 1 is 0.963 bits per heavy atom. The van der Waals surface area contributed by atoms with Crippen molar-refractivity contribution in [3.8, 4) is 5.82 Å². The average Bonchev–Trinajstić information content (AvgIpc) is 3.10. The highest BCUT2D eigenvalue weighted by atomic mass is 16.2. The van der Waals surface area contributed by atoms with Gasteiger partial charge in [-0.15, -0.1) is 5.10 Å². The standard InChI is InChI=1S/C18H23N7O2/c1-12-9-14(3)23(20-12)8-7-19-17(26)11-24-18(27)6-5-16(22-24)25-15(4)10-13(2)21-25/h5-6,9-10H,7-8,11H2,1-4H3,(H,19,26). The molecule has 3 aromatic rings. The van der Waals surface area contributed by atoms with Crippen molar-refractivity contribution in [1.82, 2.24) is 34.7 Å². The molecule has 1 N–H and O–H groups in total. The molecule has 0 aliphatic heterocycles. The molecule has 142 valence electrons. The molecule has 3 aromatic heterocycles. The molecule has 3 heterocycles. The first-order valence-electron chi connectivity index (χ1n) is 8.73. The molecule has 0 aliphatic carbocycles. The minimum absolute atomic E-state index is 0.150. The Hall–Kier alpha value is -3.23. The monoisotopic (exact) mass is 369 g/mol. The maximum atomic E-state index is 12.2. The fraction of sp³-hybridized carbons (Fsp3) is 0.389. The van der Waals surface area contributed by atoms with Gasteiger partial charge in [0.25, 0.3) is 5.56 Å². The van der Waals surface area contributed by atoms with E-state index < -0.39 is 0 Å². The Balaban J connectivity index is 1.65. The van der Waals surface area contributed by atoms with Gasteiger partial charge < -0.3 is 5.32 Å². The van der Waals surface area contributed by atoms with Gasteiger partial charge in [-0.3, -0.25) is 14.3 Å². The molecule has 0 aliphatic rings. The lowest BCUT2D eigenvalue weighted by Gasteiger charge is -2.09. The van der Waals surface area contributed by atoms with Crippen molar-refractivity contribution in [2.45, 2.75) is 40.8 Å². The predicted octanol–water partition coefficient (Wildman–Crippen LogP) is 0.676. The van der Waals surface area contributed by atoms with Crippen LogP contribution < -0.4 is 10.9 Å². The van der Waals surface area contributed by atoms with E-state index >= 15 is 0 Å². The van der Waals surface area contributed by atoms with Crippen LogP contribution in [0.25, 0.3) is 5.82 Å². The highest BCUT2D eigenvalue weighted by molar-refractivity contribution is 5.75. The van der Waals surface area contributed by atoms with Crippen molar-refractivity contribution in [2.24, 2.45) is 0 Å². The van der Waals surface area contributed by atoms with Gasteiger partial charge >= 0.3 is 0 Å². The molecule has 0 saturated heterocycles. The Morgan fingerprint density at radius 2 is 1.67 bits per heavy atom. The highest BCUT2D eigenvalue weighted by Crippen LogP contribution is 2.07. The zero-order valence-corrected chi connectivity index (χ0v) is 15.9. The first-order chi connectivity index (χ1) is 12.8. The molecule has 9 heteroatoms. The van der Waals surface area contributed by atoms with Gasteiger partial charge in [-0.1, -0.05) is 0 Å². The molecule has 0 saturated carbocycles. The van der Waals surface area contributed by atoms with E-state index in [9.17, 15) is 9.59 Å². The van der Waals surface area contributed by atoms with Crippen molar-refractivity contribution in [3.05, 3.63) is 57.4 Å². The Kier molecular flexibility index (Phi) is 5.20. The molecule has 9 nitrogen and oxygen atoms in total. The Bertz CT molecular complexity index is 1030. The van der Waals surface area contributed by atoms with Crippen LogP contribution >= 0.6 is 0 Å². The van der Waals surface area contributed by atoms with Gasteiger partial charge in [0.15, 0.2) is 5.82 Å². The van der Waals surface area contributed by atoms with E-state index in [1.807, 2.05) is 44.5 Å².